The zero-order chi connectivity index (χ0) is 42.1. The van der Waals surface area contributed by atoms with Gasteiger partial charge in [0.1, 0.15) is 6.61 Å². The average Bonchev–Trinajstić information content (AvgIpc) is 3.22. The van der Waals surface area contributed by atoms with Gasteiger partial charge in [-0.05, 0) is 44.9 Å². The molecule has 0 amide bonds. The van der Waals surface area contributed by atoms with E-state index in [2.05, 4.69) is 69.4 Å². The predicted molar refractivity (Wildman–Crippen MR) is 251 cm³/mol. The monoisotopic (exact) mass is 811 g/mol. The molecule has 0 aromatic carbocycles. The molecule has 0 aliphatic rings. The lowest BCUT2D eigenvalue weighted by Crippen LogP contribution is -2.30. The summed E-state index contributed by atoms with van der Waals surface area (Å²) in [6, 6.07) is 0. The highest BCUT2D eigenvalue weighted by atomic mass is 16.6. The topological polar surface area (TPSA) is 61.8 Å². The van der Waals surface area contributed by atoms with Crippen LogP contribution in [0.4, 0.5) is 0 Å². The Morgan fingerprint density at radius 3 is 1.17 bits per heavy atom. The summed E-state index contributed by atoms with van der Waals surface area (Å²) in [7, 11) is 0. The molecule has 0 rings (SSSR count). The molecule has 0 saturated heterocycles. The van der Waals surface area contributed by atoms with Crippen LogP contribution in [0.2, 0.25) is 0 Å². The van der Waals surface area contributed by atoms with Crippen LogP contribution in [0.3, 0.4) is 0 Å². The summed E-state index contributed by atoms with van der Waals surface area (Å²) < 4.78 is 17.3. The Balaban J connectivity index is 4.33. The Hall–Kier alpha value is -2.40. The van der Waals surface area contributed by atoms with Crippen molar-refractivity contribution < 1.29 is 23.8 Å². The number of hydrogen-bond donors (Lipinski definition) is 0. The van der Waals surface area contributed by atoms with Gasteiger partial charge in [-0.25, -0.2) is 0 Å². The number of esters is 2. The van der Waals surface area contributed by atoms with E-state index >= 15 is 0 Å². The van der Waals surface area contributed by atoms with Crippen LogP contribution < -0.4 is 0 Å². The number of allylic oxidation sites excluding steroid dienone is 9. The third-order valence-corrected chi connectivity index (χ3v) is 10.6. The van der Waals surface area contributed by atoms with E-state index in [1.165, 1.54) is 148 Å². The molecule has 0 N–H and O–H groups in total. The van der Waals surface area contributed by atoms with Crippen molar-refractivity contribution in [2.45, 2.75) is 245 Å². The van der Waals surface area contributed by atoms with Crippen molar-refractivity contribution in [2.75, 3.05) is 19.8 Å². The highest BCUT2D eigenvalue weighted by Gasteiger charge is 2.17. The minimum absolute atomic E-state index is 0.0342. The van der Waals surface area contributed by atoms with Gasteiger partial charge in [0.2, 0.25) is 0 Å². The van der Waals surface area contributed by atoms with Gasteiger partial charge in [0.15, 0.2) is 6.10 Å². The first kappa shape index (κ1) is 55.6. The Morgan fingerprint density at radius 1 is 0.397 bits per heavy atom. The molecular weight excluding hydrogens is 717 g/mol. The van der Waals surface area contributed by atoms with Gasteiger partial charge < -0.3 is 14.2 Å². The van der Waals surface area contributed by atoms with Crippen LogP contribution in [0.1, 0.15) is 239 Å². The summed E-state index contributed by atoms with van der Waals surface area (Å²) in [5, 5.41) is 0. The van der Waals surface area contributed by atoms with Crippen LogP contribution in [-0.4, -0.2) is 37.9 Å². The molecule has 336 valence electrons. The van der Waals surface area contributed by atoms with Crippen LogP contribution in [-0.2, 0) is 23.8 Å². The van der Waals surface area contributed by atoms with E-state index < -0.39 is 6.10 Å². The maximum atomic E-state index is 12.7. The van der Waals surface area contributed by atoms with Crippen molar-refractivity contribution in [1.82, 2.24) is 0 Å². The van der Waals surface area contributed by atoms with Gasteiger partial charge >= 0.3 is 11.9 Å². The quantitative estimate of drug-likeness (QED) is 0.0348. The van der Waals surface area contributed by atoms with Crippen molar-refractivity contribution in [3.63, 3.8) is 0 Å². The maximum absolute atomic E-state index is 12.7. The minimum Gasteiger partial charge on any atom is -0.461 e. The van der Waals surface area contributed by atoms with Crippen LogP contribution in [0.5, 0.6) is 0 Å². The first-order valence-corrected chi connectivity index (χ1v) is 24.8. The van der Waals surface area contributed by atoms with Crippen LogP contribution in [0.25, 0.3) is 0 Å². The van der Waals surface area contributed by atoms with Crippen LogP contribution in [0, 0.1) is 0 Å². The molecule has 0 bridgehead atoms. The molecule has 0 saturated carbocycles. The molecule has 0 aromatic heterocycles. The summed E-state index contributed by atoms with van der Waals surface area (Å²) in [5.74, 6) is -0.536. The molecule has 0 fully saturated rings. The molecule has 0 aliphatic carbocycles. The Morgan fingerprint density at radius 2 is 0.759 bits per heavy atom. The van der Waals surface area contributed by atoms with Crippen LogP contribution >= 0.6 is 0 Å². The zero-order valence-corrected chi connectivity index (χ0v) is 38.6. The van der Waals surface area contributed by atoms with Gasteiger partial charge in [0.05, 0.1) is 13.0 Å². The lowest BCUT2D eigenvalue weighted by atomic mass is 10.0. The summed E-state index contributed by atoms with van der Waals surface area (Å²) in [6.07, 6.45) is 61.1. The third-order valence-electron chi connectivity index (χ3n) is 10.6. The molecule has 0 spiro atoms. The zero-order valence-electron chi connectivity index (χ0n) is 38.6. The van der Waals surface area contributed by atoms with E-state index in [4.69, 9.17) is 14.2 Å². The Labute approximate surface area is 360 Å². The lowest BCUT2D eigenvalue weighted by molar-refractivity contribution is -0.162. The number of unbranched alkanes of at least 4 members (excludes halogenated alkanes) is 25. The number of ether oxygens (including phenoxy) is 3. The first-order valence-electron chi connectivity index (χ1n) is 24.8. The predicted octanol–water partition coefficient (Wildman–Crippen LogP) is 16.6. The van der Waals surface area contributed by atoms with Crippen molar-refractivity contribution in [1.29, 1.82) is 0 Å². The standard InChI is InChI=1S/C53H94O5/c1-4-7-10-13-16-19-22-24-26-28-30-33-36-39-42-45-48-56-49-51(58-53(55)47-44-41-38-35-31-21-18-15-12-9-6-3)50-57-52(54)46-43-40-37-34-32-29-27-25-23-20-17-14-11-8-5-2/h8,11,17,20,25,27,32,34,40,43,51H,4-7,9-10,12-16,18-19,21-24,26,28-31,33,35-39,41-42,44-50H2,1-3H3/b11-8-,20-17-,27-25-,34-32-,43-40-. The van der Waals surface area contributed by atoms with Gasteiger partial charge in [-0.15, -0.1) is 0 Å². The third kappa shape index (κ3) is 46.3. The Kier molecular flexibility index (Phi) is 46.9. The van der Waals surface area contributed by atoms with Crippen molar-refractivity contribution in [3.05, 3.63) is 60.8 Å². The van der Waals surface area contributed by atoms with Gasteiger partial charge in [-0.2, -0.15) is 0 Å². The Bertz CT molecular complexity index is 1010. The minimum atomic E-state index is -0.571. The fourth-order valence-electron chi connectivity index (χ4n) is 6.94. The van der Waals surface area contributed by atoms with E-state index in [-0.39, 0.29) is 31.6 Å². The second-order valence-corrected chi connectivity index (χ2v) is 16.4. The molecule has 0 aromatic rings. The molecule has 58 heavy (non-hydrogen) atoms. The smallest absolute Gasteiger partial charge is 0.309 e. The molecular formula is C53H94O5. The summed E-state index contributed by atoms with van der Waals surface area (Å²) in [5.41, 5.74) is 0. The van der Waals surface area contributed by atoms with Crippen molar-refractivity contribution in [2.24, 2.45) is 0 Å². The molecule has 5 nitrogen and oxygen atoms in total. The average molecular weight is 811 g/mol. The van der Waals surface area contributed by atoms with Crippen molar-refractivity contribution in [3.8, 4) is 0 Å². The van der Waals surface area contributed by atoms with E-state index in [0.717, 1.165) is 57.8 Å². The fourth-order valence-corrected chi connectivity index (χ4v) is 6.94. The van der Waals surface area contributed by atoms with Gasteiger partial charge in [0.25, 0.3) is 0 Å². The molecule has 1 atom stereocenters. The summed E-state index contributed by atoms with van der Waals surface area (Å²) in [6.45, 7) is 7.63. The maximum Gasteiger partial charge on any atom is 0.309 e. The number of rotatable bonds is 45. The fraction of sp³-hybridized carbons (Fsp3) is 0.774. The highest BCUT2D eigenvalue weighted by molar-refractivity contribution is 5.71. The normalized spacial score (nSPS) is 12.7. The second-order valence-electron chi connectivity index (χ2n) is 16.4. The van der Waals surface area contributed by atoms with Crippen molar-refractivity contribution >= 4 is 11.9 Å². The molecule has 0 aliphatic heterocycles. The molecule has 5 heteroatoms. The number of hydrogen-bond acceptors (Lipinski definition) is 5. The number of carbonyl (C=O) groups excluding carboxylic acids is 2. The van der Waals surface area contributed by atoms with Gasteiger partial charge in [0, 0.05) is 13.0 Å². The molecule has 0 heterocycles. The lowest BCUT2D eigenvalue weighted by Gasteiger charge is -2.18. The van der Waals surface area contributed by atoms with Gasteiger partial charge in [-0.1, -0.05) is 242 Å². The van der Waals surface area contributed by atoms with E-state index in [0.29, 0.717) is 13.0 Å². The first-order chi connectivity index (χ1) is 28.6. The second kappa shape index (κ2) is 49.0. The molecule has 0 radical (unpaired) electrons. The highest BCUT2D eigenvalue weighted by Crippen LogP contribution is 2.15. The van der Waals surface area contributed by atoms with E-state index in [1.807, 2.05) is 12.2 Å². The van der Waals surface area contributed by atoms with Gasteiger partial charge in [-0.3, -0.25) is 9.59 Å². The largest absolute Gasteiger partial charge is 0.461 e. The molecule has 1 unspecified atom stereocenters. The summed E-state index contributed by atoms with van der Waals surface area (Å²) in [4.78, 5) is 25.2. The van der Waals surface area contributed by atoms with E-state index in [1.54, 1.807) is 0 Å². The van der Waals surface area contributed by atoms with E-state index in [9.17, 15) is 9.59 Å². The SMILES string of the molecule is CC/C=C\C/C=C\C/C=C\C/C=C\C/C=C\CC(=O)OCC(COCCCCCCCCCCCCCCCCCC)OC(=O)CCCCCCCCCCCCC. The summed E-state index contributed by atoms with van der Waals surface area (Å²) >= 11 is 0. The van der Waals surface area contributed by atoms with Crippen LogP contribution in [0.15, 0.2) is 60.8 Å². The number of carbonyl (C=O) groups is 2.